The smallest absolute Gasteiger partial charge is 0.333 e. The average molecular weight is 267 g/mol. The van der Waals surface area contributed by atoms with E-state index in [-0.39, 0.29) is 11.6 Å². The Balaban J connectivity index is 2.37. The molecule has 1 aromatic rings. The molecule has 0 fully saturated rings. The van der Waals surface area contributed by atoms with Gasteiger partial charge in [0.05, 0.1) is 0 Å². The van der Waals surface area contributed by atoms with Crippen LogP contribution in [0, 0.1) is 5.82 Å². The summed E-state index contributed by atoms with van der Waals surface area (Å²) in [7, 11) is 0. The lowest BCUT2D eigenvalue weighted by Crippen LogP contribution is -2.49. The van der Waals surface area contributed by atoms with E-state index in [0.717, 1.165) is 12.8 Å². The number of benzene rings is 1. The van der Waals surface area contributed by atoms with E-state index < -0.39 is 17.8 Å². The summed E-state index contributed by atoms with van der Waals surface area (Å²) in [6.45, 7) is 3.90. The number of hydrogen-bond acceptors (Lipinski definition) is 2. The van der Waals surface area contributed by atoms with Gasteiger partial charge in [0.1, 0.15) is 5.82 Å². The fourth-order valence-electron chi connectivity index (χ4n) is 1.55. The van der Waals surface area contributed by atoms with Crippen molar-refractivity contribution in [2.45, 2.75) is 32.7 Å². The molecular formula is C13H18FN3O2. The molecule has 0 aliphatic heterocycles. The lowest BCUT2D eigenvalue weighted by Gasteiger charge is -2.14. The molecule has 0 aliphatic carbocycles. The number of carbonyl (C=O) groups excluding carboxylic acids is 2. The predicted molar refractivity (Wildman–Crippen MR) is 69.9 cm³/mol. The normalized spacial score (nSPS) is 11.5. The van der Waals surface area contributed by atoms with E-state index in [9.17, 15) is 14.0 Å². The van der Waals surface area contributed by atoms with E-state index in [1.807, 2.05) is 13.8 Å². The van der Waals surface area contributed by atoms with Gasteiger partial charge in [0.15, 0.2) is 0 Å². The van der Waals surface area contributed by atoms with E-state index in [2.05, 4.69) is 16.2 Å². The largest absolute Gasteiger partial charge is 0.334 e. The monoisotopic (exact) mass is 267 g/mol. The lowest BCUT2D eigenvalue weighted by molar-refractivity contribution is 0.0936. The molecule has 0 radical (unpaired) electrons. The molecule has 0 bridgehead atoms. The van der Waals surface area contributed by atoms with Crippen LogP contribution in [0.1, 0.15) is 37.0 Å². The third-order valence-electron chi connectivity index (χ3n) is 2.50. The molecule has 5 nitrogen and oxygen atoms in total. The minimum Gasteiger partial charge on any atom is -0.334 e. The molecule has 1 atom stereocenters. The van der Waals surface area contributed by atoms with Crippen molar-refractivity contribution in [3.05, 3.63) is 35.6 Å². The minimum absolute atomic E-state index is 0.0349. The first-order valence-corrected chi connectivity index (χ1v) is 6.15. The molecule has 0 aromatic heterocycles. The molecule has 0 spiro atoms. The zero-order chi connectivity index (χ0) is 14.3. The molecule has 19 heavy (non-hydrogen) atoms. The van der Waals surface area contributed by atoms with Gasteiger partial charge < -0.3 is 5.32 Å². The van der Waals surface area contributed by atoms with Gasteiger partial charge >= 0.3 is 6.03 Å². The molecule has 0 saturated heterocycles. The molecule has 3 N–H and O–H groups in total. The van der Waals surface area contributed by atoms with Gasteiger partial charge in [-0.15, -0.1) is 0 Å². The first kappa shape index (κ1) is 14.9. The summed E-state index contributed by atoms with van der Waals surface area (Å²) in [5.41, 5.74) is 4.75. The van der Waals surface area contributed by atoms with Gasteiger partial charge in [0.2, 0.25) is 0 Å². The number of hydrazine groups is 1. The molecule has 0 saturated carbocycles. The summed E-state index contributed by atoms with van der Waals surface area (Å²) in [6, 6.07) is 4.59. The highest BCUT2D eigenvalue weighted by Crippen LogP contribution is 2.01. The van der Waals surface area contributed by atoms with Crippen molar-refractivity contribution in [1.29, 1.82) is 0 Å². The van der Waals surface area contributed by atoms with Gasteiger partial charge in [-0.3, -0.25) is 10.2 Å². The van der Waals surface area contributed by atoms with Crippen LogP contribution in [-0.4, -0.2) is 18.0 Å². The molecular weight excluding hydrogens is 249 g/mol. The van der Waals surface area contributed by atoms with E-state index in [1.54, 1.807) is 0 Å². The van der Waals surface area contributed by atoms with E-state index in [1.165, 1.54) is 24.3 Å². The number of amides is 3. The number of hydrogen-bond donors (Lipinski definition) is 3. The Labute approximate surface area is 111 Å². The zero-order valence-electron chi connectivity index (χ0n) is 11.0. The number of urea groups is 1. The predicted octanol–water partition coefficient (Wildman–Crippen LogP) is 1.96. The maximum Gasteiger partial charge on any atom is 0.333 e. The minimum atomic E-state index is -0.502. The highest BCUT2D eigenvalue weighted by molar-refractivity contribution is 5.95. The van der Waals surface area contributed by atoms with E-state index in [0.29, 0.717) is 0 Å². The fraction of sp³-hybridized carbons (Fsp3) is 0.385. The quantitative estimate of drug-likeness (QED) is 0.730. The third-order valence-corrected chi connectivity index (χ3v) is 2.50. The fourth-order valence-corrected chi connectivity index (χ4v) is 1.55. The van der Waals surface area contributed by atoms with Crippen LogP contribution in [0.3, 0.4) is 0 Å². The summed E-state index contributed by atoms with van der Waals surface area (Å²) in [4.78, 5) is 23.0. The van der Waals surface area contributed by atoms with Crippen LogP contribution in [0.2, 0.25) is 0 Å². The van der Waals surface area contributed by atoms with Crippen LogP contribution >= 0.6 is 0 Å². The van der Waals surface area contributed by atoms with E-state index >= 15 is 0 Å². The second kappa shape index (κ2) is 7.35. The van der Waals surface area contributed by atoms with Gasteiger partial charge in [-0.25, -0.2) is 14.6 Å². The summed E-state index contributed by atoms with van der Waals surface area (Å²) in [6.07, 6.45) is 1.82. The maximum atomic E-state index is 12.7. The van der Waals surface area contributed by atoms with Gasteiger partial charge in [-0.2, -0.15) is 0 Å². The van der Waals surface area contributed by atoms with Crippen molar-refractivity contribution < 1.29 is 14.0 Å². The summed E-state index contributed by atoms with van der Waals surface area (Å²) >= 11 is 0. The first-order valence-electron chi connectivity index (χ1n) is 6.15. The first-order chi connectivity index (χ1) is 9.02. The molecule has 104 valence electrons. The average Bonchev–Trinajstić information content (AvgIpc) is 2.37. The van der Waals surface area contributed by atoms with Gasteiger partial charge in [-0.05, 0) is 37.6 Å². The maximum absolute atomic E-state index is 12.7. The van der Waals surface area contributed by atoms with Crippen LogP contribution in [0.4, 0.5) is 9.18 Å². The molecule has 1 aromatic carbocycles. The molecule has 0 unspecified atom stereocenters. The summed E-state index contributed by atoms with van der Waals surface area (Å²) in [5.74, 6) is -0.922. The highest BCUT2D eigenvalue weighted by atomic mass is 19.1. The standard InChI is InChI=1S/C13H18FN3O2/c1-3-4-9(2)15-13(19)17-16-12(18)10-5-7-11(14)8-6-10/h5-9H,3-4H2,1-2H3,(H,16,18)(H2,15,17,19)/t9-/m1/s1. The Bertz CT molecular complexity index is 434. The topological polar surface area (TPSA) is 70.2 Å². The molecule has 1 rings (SSSR count). The lowest BCUT2D eigenvalue weighted by atomic mass is 10.2. The highest BCUT2D eigenvalue weighted by Gasteiger charge is 2.09. The molecule has 6 heteroatoms. The van der Waals surface area contributed by atoms with E-state index in [4.69, 9.17) is 0 Å². The van der Waals surface area contributed by atoms with Crippen LogP contribution in [0.15, 0.2) is 24.3 Å². The Kier molecular flexibility index (Phi) is 5.78. The Morgan fingerprint density at radius 3 is 2.42 bits per heavy atom. The second-order valence-electron chi connectivity index (χ2n) is 4.25. The van der Waals surface area contributed by atoms with Crippen molar-refractivity contribution in [2.75, 3.05) is 0 Å². The van der Waals surface area contributed by atoms with Crippen molar-refractivity contribution in [2.24, 2.45) is 0 Å². The van der Waals surface area contributed by atoms with Crippen molar-refractivity contribution in [3.63, 3.8) is 0 Å². The second-order valence-corrected chi connectivity index (χ2v) is 4.25. The van der Waals surface area contributed by atoms with Gasteiger partial charge in [0, 0.05) is 11.6 Å². The van der Waals surface area contributed by atoms with Gasteiger partial charge in [-0.1, -0.05) is 13.3 Å². The van der Waals surface area contributed by atoms with Crippen LogP contribution in [0.25, 0.3) is 0 Å². The van der Waals surface area contributed by atoms with Crippen molar-refractivity contribution >= 4 is 11.9 Å². The Morgan fingerprint density at radius 2 is 1.84 bits per heavy atom. The van der Waals surface area contributed by atoms with Crippen LogP contribution in [0.5, 0.6) is 0 Å². The molecule has 3 amide bonds. The number of carbonyl (C=O) groups is 2. The third kappa shape index (κ3) is 5.37. The van der Waals surface area contributed by atoms with Gasteiger partial charge in [0.25, 0.3) is 5.91 Å². The van der Waals surface area contributed by atoms with Crippen LogP contribution in [-0.2, 0) is 0 Å². The van der Waals surface area contributed by atoms with Crippen molar-refractivity contribution in [3.8, 4) is 0 Å². The molecule has 0 heterocycles. The number of nitrogens with one attached hydrogen (secondary N) is 3. The summed E-state index contributed by atoms with van der Waals surface area (Å²) in [5, 5.41) is 2.67. The zero-order valence-corrected chi connectivity index (χ0v) is 11.0. The Morgan fingerprint density at radius 1 is 1.21 bits per heavy atom. The van der Waals surface area contributed by atoms with Crippen molar-refractivity contribution in [1.82, 2.24) is 16.2 Å². The number of rotatable bonds is 4. The SMILES string of the molecule is CCC[C@@H](C)NC(=O)NNC(=O)c1ccc(F)cc1. The van der Waals surface area contributed by atoms with Crippen LogP contribution < -0.4 is 16.2 Å². The Hall–Kier alpha value is -2.11. The summed E-state index contributed by atoms with van der Waals surface area (Å²) < 4.78 is 12.7. The molecule has 0 aliphatic rings. The number of halogens is 1.